The topological polar surface area (TPSA) is 72.2 Å². The van der Waals surface area contributed by atoms with E-state index in [1.807, 2.05) is 103 Å². The van der Waals surface area contributed by atoms with Crippen molar-refractivity contribution in [1.29, 1.82) is 0 Å². The van der Waals surface area contributed by atoms with Gasteiger partial charge in [0.05, 0.1) is 11.5 Å². The SMILES string of the molecule is CC(=NNC(=O)CSc1nnc(-c2ccc(C)cc2)n1-c1ccccc1)c1ccccc1. The fourth-order valence-electron chi connectivity index (χ4n) is 3.12. The number of hydrazone groups is 1. The van der Waals surface area contributed by atoms with Gasteiger partial charge in [-0.15, -0.1) is 10.2 Å². The summed E-state index contributed by atoms with van der Waals surface area (Å²) < 4.78 is 1.97. The number of amides is 1. The minimum Gasteiger partial charge on any atom is -0.272 e. The highest BCUT2D eigenvalue weighted by atomic mass is 32.2. The van der Waals surface area contributed by atoms with E-state index in [0.29, 0.717) is 5.16 Å². The van der Waals surface area contributed by atoms with Crippen LogP contribution < -0.4 is 5.43 Å². The number of aromatic nitrogens is 3. The van der Waals surface area contributed by atoms with Gasteiger partial charge >= 0.3 is 0 Å². The van der Waals surface area contributed by atoms with Gasteiger partial charge in [0, 0.05) is 11.3 Å². The Balaban J connectivity index is 1.52. The first kappa shape index (κ1) is 21.5. The van der Waals surface area contributed by atoms with Gasteiger partial charge in [0.2, 0.25) is 0 Å². The maximum absolute atomic E-state index is 12.4. The molecule has 32 heavy (non-hydrogen) atoms. The Hall–Kier alpha value is -3.71. The summed E-state index contributed by atoms with van der Waals surface area (Å²) in [5.74, 6) is 0.701. The first-order valence-corrected chi connectivity index (χ1v) is 11.2. The molecule has 0 atom stereocenters. The number of hydrogen-bond donors (Lipinski definition) is 1. The van der Waals surface area contributed by atoms with E-state index in [2.05, 4.69) is 20.7 Å². The molecule has 0 aliphatic rings. The molecule has 0 saturated carbocycles. The third kappa shape index (κ3) is 5.12. The molecule has 0 radical (unpaired) electrons. The molecule has 1 aromatic heterocycles. The van der Waals surface area contributed by atoms with Gasteiger partial charge in [0.1, 0.15) is 0 Å². The third-order valence-electron chi connectivity index (χ3n) is 4.83. The van der Waals surface area contributed by atoms with Gasteiger partial charge in [-0.05, 0) is 31.5 Å². The van der Waals surface area contributed by atoms with Gasteiger partial charge in [-0.1, -0.05) is 90.1 Å². The van der Waals surface area contributed by atoms with E-state index in [1.165, 1.54) is 17.3 Å². The van der Waals surface area contributed by atoms with Crippen LogP contribution in [0.1, 0.15) is 18.1 Å². The molecule has 0 fully saturated rings. The smallest absolute Gasteiger partial charge is 0.250 e. The lowest BCUT2D eigenvalue weighted by atomic mass is 10.1. The van der Waals surface area contributed by atoms with E-state index in [9.17, 15) is 4.79 Å². The Bertz CT molecular complexity index is 1220. The third-order valence-corrected chi connectivity index (χ3v) is 5.76. The van der Waals surface area contributed by atoms with Crippen LogP contribution in [0.15, 0.2) is 95.2 Å². The summed E-state index contributed by atoms with van der Waals surface area (Å²) in [5.41, 5.74) is 7.42. The lowest BCUT2D eigenvalue weighted by Gasteiger charge is -2.10. The van der Waals surface area contributed by atoms with Gasteiger partial charge in [-0.25, -0.2) is 5.43 Å². The van der Waals surface area contributed by atoms with Crippen molar-refractivity contribution in [1.82, 2.24) is 20.2 Å². The molecule has 0 bridgehead atoms. The van der Waals surface area contributed by atoms with Crippen molar-refractivity contribution in [2.75, 3.05) is 5.75 Å². The van der Waals surface area contributed by atoms with E-state index < -0.39 is 0 Å². The first-order valence-electron chi connectivity index (χ1n) is 10.2. The molecule has 1 amide bonds. The summed E-state index contributed by atoms with van der Waals surface area (Å²) in [6, 6.07) is 27.8. The quantitative estimate of drug-likeness (QED) is 0.252. The summed E-state index contributed by atoms with van der Waals surface area (Å²) in [7, 11) is 0. The average Bonchev–Trinajstić information content (AvgIpc) is 3.26. The average molecular weight is 442 g/mol. The van der Waals surface area contributed by atoms with Crippen LogP contribution in [0.25, 0.3) is 17.1 Å². The number of carbonyl (C=O) groups is 1. The van der Waals surface area contributed by atoms with Crippen LogP contribution >= 0.6 is 11.8 Å². The first-order chi connectivity index (χ1) is 15.6. The largest absolute Gasteiger partial charge is 0.272 e. The molecule has 1 N–H and O–H groups in total. The molecule has 6 nitrogen and oxygen atoms in total. The summed E-state index contributed by atoms with van der Waals surface area (Å²) >= 11 is 1.32. The second kappa shape index (κ2) is 10.1. The molecule has 1 heterocycles. The van der Waals surface area contributed by atoms with Crippen molar-refractivity contribution in [2.45, 2.75) is 19.0 Å². The van der Waals surface area contributed by atoms with Crippen LogP contribution in [0.2, 0.25) is 0 Å². The number of benzene rings is 3. The van der Waals surface area contributed by atoms with Crippen LogP contribution in [-0.4, -0.2) is 32.1 Å². The van der Waals surface area contributed by atoms with Crippen molar-refractivity contribution in [3.63, 3.8) is 0 Å². The zero-order chi connectivity index (χ0) is 22.3. The number of rotatable bonds is 7. The standard InChI is InChI=1S/C25H23N5OS/c1-18-13-15-21(16-14-18)24-28-29-25(30(24)22-11-7-4-8-12-22)32-17-23(31)27-26-19(2)20-9-5-3-6-10-20/h3-16H,17H2,1-2H3,(H,27,31). The fraction of sp³-hybridized carbons (Fsp3) is 0.120. The molecule has 4 rings (SSSR count). The second-order valence-electron chi connectivity index (χ2n) is 7.23. The van der Waals surface area contributed by atoms with Crippen molar-refractivity contribution >= 4 is 23.4 Å². The molecule has 3 aromatic carbocycles. The zero-order valence-corrected chi connectivity index (χ0v) is 18.7. The molecular formula is C25H23N5OS. The van der Waals surface area contributed by atoms with E-state index in [-0.39, 0.29) is 11.7 Å². The van der Waals surface area contributed by atoms with Crippen LogP contribution in [0, 0.1) is 6.92 Å². The van der Waals surface area contributed by atoms with Gasteiger partial charge in [-0.2, -0.15) is 5.10 Å². The van der Waals surface area contributed by atoms with Crippen LogP contribution in [0.5, 0.6) is 0 Å². The highest BCUT2D eigenvalue weighted by molar-refractivity contribution is 7.99. The number of para-hydroxylation sites is 1. The normalized spacial score (nSPS) is 11.4. The molecule has 0 spiro atoms. The summed E-state index contributed by atoms with van der Waals surface area (Å²) in [6.07, 6.45) is 0. The molecular weight excluding hydrogens is 418 g/mol. The number of hydrogen-bond acceptors (Lipinski definition) is 5. The van der Waals surface area contributed by atoms with E-state index in [1.54, 1.807) is 0 Å². The maximum Gasteiger partial charge on any atom is 0.250 e. The second-order valence-corrected chi connectivity index (χ2v) is 8.17. The van der Waals surface area contributed by atoms with Crippen molar-refractivity contribution in [3.8, 4) is 17.1 Å². The molecule has 0 aliphatic carbocycles. The fourth-order valence-corrected chi connectivity index (χ4v) is 3.86. The minimum absolute atomic E-state index is 0.171. The monoisotopic (exact) mass is 441 g/mol. The molecule has 0 saturated heterocycles. The number of nitrogens with zero attached hydrogens (tertiary/aromatic N) is 4. The lowest BCUT2D eigenvalue weighted by molar-refractivity contribution is -0.118. The predicted octanol–water partition coefficient (Wildman–Crippen LogP) is 4.88. The highest BCUT2D eigenvalue weighted by Crippen LogP contribution is 2.28. The van der Waals surface area contributed by atoms with Gasteiger partial charge < -0.3 is 0 Å². The van der Waals surface area contributed by atoms with Gasteiger partial charge in [0.15, 0.2) is 11.0 Å². The lowest BCUT2D eigenvalue weighted by Crippen LogP contribution is -2.21. The van der Waals surface area contributed by atoms with Gasteiger partial charge in [-0.3, -0.25) is 9.36 Å². The van der Waals surface area contributed by atoms with E-state index >= 15 is 0 Å². The number of nitrogens with one attached hydrogen (secondary N) is 1. The minimum atomic E-state index is -0.204. The van der Waals surface area contributed by atoms with Crippen molar-refractivity contribution < 1.29 is 4.79 Å². The van der Waals surface area contributed by atoms with E-state index in [0.717, 1.165) is 28.4 Å². The Morgan fingerprint density at radius 1 is 0.938 bits per heavy atom. The van der Waals surface area contributed by atoms with Crippen molar-refractivity contribution in [3.05, 3.63) is 96.1 Å². The van der Waals surface area contributed by atoms with Crippen LogP contribution in [-0.2, 0) is 4.79 Å². The molecule has 160 valence electrons. The predicted molar refractivity (Wildman–Crippen MR) is 129 cm³/mol. The van der Waals surface area contributed by atoms with E-state index in [4.69, 9.17) is 0 Å². The molecule has 0 unspecified atom stereocenters. The summed E-state index contributed by atoms with van der Waals surface area (Å²) in [6.45, 7) is 3.91. The Kier molecular flexibility index (Phi) is 6.77. The summed E-state index contributed by atoms with van der Waals surface area (Å²) in [4.78, 5) is 12.4. The van der Waals surface area contributed by atoms with Crippen LogP contribution in [0.4, 0.5) is 0 Å². The van der Waals surface area contributed by atoms with Crippen molar-refractivity contribution in [2.24, 2.45) is 5.10 Å². The highest BCUT2D eigenvalue weighted by Gasteiger charge is 2.17. The van der Waals surface area contributed by atoms with Crippen LogP contribution in [0.3, 0.4) is 0 Å². The summed E-state index contributed by atoms with van der Waals surface area (Å²) in [5, 5.41) is 13.6. The Morgan fingerprint density at radius 2 is 1.59 bits per heavy atom. The number of carbonyl (C=O) groups excluding carboxylic acids is 1. The maximum atomic E-state index is 12.4. The molecule has 4 aromatic rings. The number of aryl methyl sites for hydroxylation is 1. The Morgan fingerprint density at radius 3 is 2.28 bits per heavy atom. The zero-order valence-electron chi connectivity index (χ0n) is 17.9. The molecule has 7 heteroatoms. The molecule has 0 aliphatic heterocycles. The van der Waals surface area contributed by atoms with Gasteiger partial charge in [0.25, 0.3) is 5.91 Å². The number of thioether (sulfide) groups is 1. The Labute approximate surface area is 191 Å².